The highest BCUT2D eigenvalue weighted by atomic mass is 32.1. The molecule has 1 spiro atoms. The number of amides is 1. The monoisotopic (exact) mass is 349 g/mol. The Bertz CT molecular complexity index is 608. The number of aromatic nitrogens is 1. The highest BCUT2D eigenvalue weighted by molar-refractivity contribution is 7.13. The highest BCUT2D eigenvalue weighted by Gasteiger charge is 2.46. The maximum Gasteiger partial charge on any atom is 0.282 e. The summed E-state index contributed by atoms with van der Waals surface area (Å²) < 4.78 is 0. The van der Waals surface area contributed by atoms with E-state index in [0.29, 0.717) is 11.6 Å². The number of piperidine rings is 2. The number of likely N-dealkylation sites (tertiary alicyclic amines) is 2. The number of hydrogen-bond donors (Lipinski definition) is 1. The van der Waals surface area contributed by atoms with E-state index in [0.717, 1.165) is 57.4 Å². The van der Waals surface area contributed by atoms with Gasteiger partial charge in [0.25, 0.3) is 5.91 Å². The number of aliphatic hydroxyl groups is 1. The van der Waals surface area contributed by atoms with Crippen LogP contribution >= 0.6 is 11.3 Å². The molecule has 3 heterocycles. The molecule has 1 aliphatic carbocycles. The zero-order valence-electron chi connectivity index (χ0n) is 14.5. The Morgan fingerprint density at radius 1 is 1.25 bits per heavy atom. The van der Waals surface area contributed by atoms with E-state index in [2.05, 4.69) is 16.9 Å². The maximum absolute atomic E-state index is 13.0. The van der Waals surface area contributed by atoms with Crippen LogP contribution in [0.25, 0.3) is 0 Å². The molecule has 2 aliphatic heterocycles. The van der Waals surface area contributed by atoms with Crippen LogP contribution < -0.4 is 0 Å². The van der Waals surface area contributed by atoms with Crippen LogP contribution in [-0.2, 0) is 12.8 Å². The first-order valence-electron chi connectivity index (χ1n) is 9.22. The molecule has 2 fully saturated rings. The van der Waals surface area contributed by atoms with Gasteiger partial charge in [-0.3, -0.25) is 4.79 Å². The van der Waals surface area contributed by atoms with Crippen LogP contribution in [0, 0.1) is 5.41 Å². The summed E-state index contributed by atoms with van der Waals surface area (Å²) in [7, 11) is 2.11. The lowest BCUT2D eigenvalue weighted by molar-refractivity contribution is -0.0731. The molecule has 1 N–H and O–H groups in total. The fourth-order valence-corrected chi connectivity index (χ4v) is 5.80. The third-order valence-electron chi connectivity index (χ3n) is 6.00. The van der Waals surface area contributed by atoms with Gasteiger partial charge in [-0.05, 0) is 52.0 Å². The lowest BCUT2D eigenvalue weighted by atomic mass is 9.71. The number of aliphatic hydroxyl groups excluding tert-OH is 1. The van der Waals surface area contributed by atoms with Crippen molar-refractivity contribution < 1.29 is 9.90 Å². The van der Waals surface area contributed by atoms with E-state index in [1.165, 1.54) is 17.7 Å². The molecular weight excluding hydrogens is 322 g/mol. The van der Waals surface area contributed by atoms with Gasteiger partial charge in [0.15, 0.2) is 5.01 Å². The minimum absolute atomic E-state index is 0.0777. The number of fused-ring (bicyclic) bond motifs is 1. The SMILES string of the molecule is CN1CC[C@H](O)[C@@]2(CCCN(C(=O)c3nc4c(s3)CCCC4)C2)C1. The van der Waals surface area contributed by atoms with E-state index in [1.54, 1.807) is 11.3 Å². The summed E-state index contributed by atoms with van der Waals surface area (Å²) in [6.45, 7) is 3.28. The fourth-order valence-electron chi connectivity index (χ4n) is 4.68. The van der Waals surface area contributed by atoms with Crippen molar-refractivity contribution in [2.24, 2.45) is 5.41 Å². The van der Waals surface area contributed by atoms with Gasteiger partial charge < -0.3 is 14.9 Å². The molecule has 0 radical (unpaired) electrons. The number of rotatable bonds is 1. The van der Waals surface area contributed by atoms with Crippen LogP contribution in [0.15, 0.2) is 0 Å². The van der Waals surface area contributed by atoms with E-state index in [4.69, 9.17) is 0 Å². The second-order valence-electron chi connectivity index (χ2n) is 7.83. The van der Waals surface area contributed by atoms with E-state index >= 15 is 0 Å². The third-order valence-corrected chi connectivity index (χ3v) is 7.15. The molecule has 0 aromatic carbocycles. The molecule has 1 aromatic heterocycles. The molecule has 4 rings (SSSR count). The Labute approximate surface area is 147 Å². The molecule has 0 saturated carbocycles. The minimum atomic E-state index is -0.297. The Balaban J connectivity index is 1.53. The zero-order valence-corrected chi connectivity index (χ0v) is 15.3. The topological polar surface area (TPSA) is 56.7 Å². The Hall–Kier alpha value is -0.980. The molecule has 132 valence electrons. The molecule has 6 heteroatoms. The van der Waals surface area contributed by atoms with Crippen molar-refractivity contribution in [3.05, 3.63) is 15.6 Å². The smallest absolute Gasteiger partial charge is 0.282 e. The predicted molar refractivity (Wildman–Crippen MR) is 94.4 cm³/mol. The van der Waals surface area contributed by atoms with Gasteiger partial charge in [-0.2, -0.15) is 0 Å². The first-order chi connectivity index (χ1) is 11.6. The van der Waals surface area contributed by atoms with E-state index in [-0.39, 0.29) is 17.4 Å². The van der Waals surface area contributed by atoms with Crippen LogP contribution in [0.3, 0.4) is 0 Å². The fraction of sp³-hybridized carbons (Fsp3) is 0.778. The molecule has 0 bridgehead atoms. The van der Waals surface area contributed by atoms with Gasteiger partial charge in [0.1, 0.15) is 0 Å². The first kappa shape index (κ1) is 16.5. The number of thiazole rings is 1. The molecule has 1 amide bonds. The second kappa shape index (κ2) is 6.39. The molecule has 5 nitrogen and oxygen atoms in total. The molecule has 2 saturated heterocycles. The summed E-state index contributed by atoms with van der Waals surface area (Å²) in [5.74, 6) is 0.0777. The molecule has 24 heavy (non-hydrogen) atoms. The van der Waals surface area contributed by atoms with Crippen LogP contribution in [0.5, 0.6) is 0 Å². The zero-order chi connectivity index (χ0) is 16.7. The lowest BCUT2D eigenvalue weighted by Gasteiger charge is -2.50. The van der Waals surface area contributed by atoms with E-state index in [9.17, 15) is 9.90 Å². The minimum Gasteiger partial charge on any atom is -0.392 e. The van der Waals surface area contributed by atoms with Crippen molar-refractivity contribution in [3.63, 3.8) is 0 Å². The van der Waals surface area contributed by atoms with Crippen molar-refractivity contribution in [3.8, 4) is 0 Å². The maximum atomic E-state index is 13.0. The van der Waals surface area contributed by atoms with Gasteiger partial charge in [0.2, 0.25) is 0 Å². The molecular formula is C18H27N3O2S. The summed E-state index contributed by atoms with van der Waals surface area (Å²) in [4.78, 5) is 23.2. The number of nitrogens with zero attached hydrogens (tertiary/aromatic N) is 3. The summed E-state index contributed by atoms with van der Waals surface area (Å²) in [5.41, 5.74) is 0.997. The number of carbonyl (C=O) groups is 1. The summed E-state index contributed by atoms with van der Waals surface area (Å²) >= 11 is 1.60. The van der Waals surface area contributed by atoms with Gasteiger partial charge in [-0.15, -0.1) is 11.3 Å². The second-order valence-corrected chi connectivity index (χ2v) is 8.91. The van der Waals surface area contributed by atoms with Crippen molar-refractivity contribution in [2.75, 3.05) is 33.2 Å². The largest absolute Gasteiger partial charge is 0.392 e. The van der Waals surface area contributed by atoms with Crippen LogP contribution in [0.1, 0.15) is 52.5 Å². The normalized spacial score (nSPS) is 31.2. The van der Waals surface area contributed by atoms with Crippen molar-refractivity contribution in [1.29, 1.82) is 0 Å². The van der Waals surface area contributed by atoms with Crippen molar-refractivity contribution in [1.82, 2.24) is 14.8 Å². The summed E-state index contributed by atoms with van der Waals surface area (Å²) in [6, 6.07) is 0. The van der Waals surface area contributed by atoms with Gasteiger partial charge in [0.05, 0.1) is 11.8 Å². The van der Waals surface area contributed by atoms with E-state index in [1.807, 2.05) is 4.90 Å². The third kappa shape index (κ3) is 2.89. The predicted octanol–water partition coefficient (Wildman–Crippen LogP) is 1.94. The summed E-state index contributed by atoms with van der Waals surface area (Å²) in [5, 5.41) is 11.3. The quantitative estimate of drug-likeness (QED) is 0.842. The Kier molecular flexibility index (Phi) is 4.39. The van der Waals surface area contributed by atoms with Crippen molar-refractivity contribution >= 4 is 17.2 Å². The Morgan fingerprint density at radius 3 is 2.92 bits per heavy atom. The van der Waals surface area contributed by atoms with Gasteiger partial charge >= 0.3 is 0 Å². The van der Waals surface area contributed by atoms with Gasteiger partial charge in [-0.25, -0.2) is 4.98 Å². The molecule has 3 aliphatic rings. The number of carbonyl (C=O) groups excluding carboxylic acids is 1. The van der Waals surface area contributed by atoms with Gasteiger partial charge in [0, 0.05) is 36.5 Å². The first-order valence-corrected chi connectivity index (χ1v) is 10.0. The molecule has 2 atom stereocenters. The average Bonchev–Trinajstić information content (AvgIpc) is 3.02. The lowest BCUT2D eigenvalue weighted by Crippen LogP contribution is -2.59. The Morgan fingerprint density at radius 2 is 2.08 bits per heavy atom. The number of hydrogen-bond acceptors (Lipinski definition) is 5. The van der Waals surface area contributed by atoms with Gasteiger partial charge in [-0.1, -0.05) is 0 Å². The van der Waals surface area contributed by atoms with Crippen LogP contribution in [0.4, 0.5) is 0 Å². The summed E-state index contributed by atoms with van der Waals surface area (Å²) in [6.07, 6.45) is 7.00. The molecule has 0 unspecified atom stereocenters. The van der Waals surface area contributed by atoms with Crippen LogP contribution in [-0.4, -0.2) is 65.1 Å². The van der Waals surface area contributed by atoms with E-state index < -0.39 is 0 Å². The highest BCUT2D eigenvalue weighted by Crippen LogP contribution is 2.39. The number of aryl methyl sites for hydroxylation is 2. The standard InChI is InChI=1S/C18H27N3O2S/c1-20-10-7-15(22)18(11-20)8-4-9-21(12-18)17(23)16-19-13-5-2-3-6-14(13)24-16/h15,22H,2-12H2,1H3/t15-,18-/m0/s1. The molecule has 1 aromatic rings. The van der Waals surface area contributed by atoms with Crippen LogP contribution in [0.2, 0.25) is 0 Å². The average molecular weight is 350 g/mol. The van der Waals surface area contributed by atoms with Crippen molar-refractivity contribution in [2.45, 2.75) is 51.0 Å².